The molecule has 0 aliphatic carbocycles. The van der Waals surface area contributed by atoms with Gasteiger partial charge in [0.1, 0.15) is 61.0 Å². The molecule has 0 amide bonds. The van der Waals surface area contributed by atoms with Crippen molar-refractivity contribution in [3.63, 3.8) is 0 Å². The molecule has 14 nitrogen and oxygen atoms in total. The van der Waals surface area contributed by atoms with Crippen LogP contribution in [-0.2, 0) is 23.7 Å². The van der Waals surface area contributed by atoms with Crippen LogP contribution in [-0.4, -0.2) is 145 Å². The maximum atomic E-state index is 10.7. The Labute approximate surface area is 176 Å². The normalized spacial score (nSPS) is 54.0. The number of rotatable bonds is 5. The highest BCUT2D eigenvalue weighted by Crippen LogP contribution is 2.31. The van der Waals surface area contributed by atoms with Gasteiger partial charge in [-0.2, -0.15) is 0 Å². The quantitative estimate of drug-likeness (QED) is 0.187. The van der Waals surface area contributed by atoms with Crippen molar-refractivity contribution in [3.8, 4) is 0 Å². The van der Waals surface area contributed by atoms with Gasteiger partial charge in [0.25, 0.3) is 0 Å². The largest absolute Gasteiger partial charge is 0.394 e. The summed E-state index contributed by atoms with van der Waals surface area (Å²) >= 11 is 0. The zero-order valence-corrected chi connectivity index (χ0v) is 16.6. The standard InChI is InChI=1S/C17H30O14/c1-4-7(20)9(22)11(24)17(28-4)31-14-12(25)13(6(2-18)29-15(14)26)30-16-10(23)8(21)5(19)3-27-16/h4-26H,2-3H2,1H3/t4-,5+,6+,7-,8+,9+,10-,11+,12-,13+,14+,15?,16-,17-/m0/s1. The van der Waals surface area contributed by atoms with E-state index < -0.39 is 92.6 Å². The Bertz CT molecular complexity index is 581. The average Bonchev–Trinajstić information content (AvgIpc) is 2.74. The first-order chi connectivity index (χ1) is 14.6. The smallest absolute Gasteiger partial charge is 0.187 e. The van der Waals surface area contributed by atoms with Gasteiger partial charge >= 0.3 is 0 Å². The van der Waals surface area contributed by atoms with Gasteiger partial charge in [-0.05, 0) is 6.92 Å². The Hall–Kier alpha value is -0.560. The van der Waals surface area contributed by atoms with Crippen molar-refractivity contribution in [2.24, 2.45) is 0 Å². The molecule has 0 aromatic heterocycles. The van der Waals surface area contributed by atoms with Gasteiger partial charge in [0, 0.05) is 0 Å². The Morgan fingerprint density at radius 1 is 0.710 bits per heavy atom. The second-order valence-electron chi connectivity index (χ2n) is 7.87. The first-order valence-corrected chi connectivity index (χ1v) is 9.85. The van der Waals surface area contributed by atoms with Crippen LogP contribution >= 0.6 is 0 Å². The summed E-state index contributed by atoms with van der Waals surface area (Å²) in [6.45, 7) is 0.318. The Morgan fingerprint density at radius 3 is 1.97 bits per heavy atom. The van der Waals surface area contributed by atoms with Crippen molar-refractivity contribution in [2.45, 2.75) is 92.9 Å². The van der Waals surface area contributed by atoms with Gasteiger partial charge in [0.2, 0.25) is 0 Å². The number of aliphatic hydroxyl groups excluding tert-OH is 9. The molecule has 3 rings (SSSR count). The van der Waals surface area contributed by atoms with Gasteiger partial charge in [0.15, 0.2) is 18.9 Å². The summed E-state index contributed by atoms with van der Waals surface area (Å²) in [4.78, 5) is 0. The number of aliphatic hydroxyl groups is 9. The molecule has 0 spiro atoms. The van der Waals surface area contributed by atoms with Gasteiger partial charge < -0.3 is 69.6 Å². The van der Waals surface area contributed by atoms with E-state index in [2.05, 4.69) is 0 Å². The van der Waals surface area contributed by atoms with Crippen molar-refractivity contribution in [2.75, 3.05) is 13.2 Å². The lowest BCUT2D eigenvalue weighted by Gasteiger charge is -2.47. The van der Waals surface area contributed by atoms with Crippen molar-refractivity contribution in [1.29, 1.82) is 0 Å². The van der Waals surface area contributed by atoms with E-state index in [9.17, 15) is 46.0 Å². The first kappa shape index (κ1) is 25.1. The van der Waals surface area contributed by atoms with Crippen LogP contribution in [0.5, 0.6) is 0 Å². The second kappa shape index (κ2) is 10.1. The van der Waals surface area contributed by atoms with Gasteiger partial charge in [-0.15, -0.1) is 0 Å². The summed E-state index contributed by atoms with van der Waals surface area (Å²) in [5.74, 6) is 0. The van der Waals surface area contributed by atoms with Gasteiger partial charge in [0.05, 0.1) is 19.3 Å². The minimum absolute atomic E-state index is 0.376. The van der Waals surface area contributed by atoms with Crippen LogP contribution in [0, 0.1) is 0 Å². The predicted molar refractivity (Wildman–Crippen MR) is 93.8 cm³/mol. The number of hydrogen-bond acceptors (Lipinski definition) is 14. The molecule has 31 heavy (non-hydrogen) atoms. The summed E-state index contributed by atoms with van der Waals surface area (Å²) in [6, 6.07) is 0. The van der Waals surface area contributed by atoms with Crippen LogP contribution in [0.2, 0.25) is 0 Å². The van der Waals surface area contributed by atoms with E-state index in [-0.39, 0.29) is 6.61 Å². The van der Waals surface area contributed by atoms with E-state index in [1.807, 2.05) is 0 Å². The SMILES string of the molecule is C[C@@H]1O[C@@H](O[C@H]2C(O)O[C@H](CO)[C@@H](O[C@@H]3OC[C@@H](O)[C@@H](O)[C@@H]3O)[C@@H]2O)[C@H](O)[C@H](O)[C@H]1O. The summed E-state index contributed by atoms with van der Waals surface area (Å²) in [7, 11) is 0. The number of ether oxygens (including phenoxy) is 5. The average molecular weight is 458 g/mol. The van der Waals surface area contributed by atoms with Crippen molar-refractivity contribution in [3.05, 3.63) is 0 Å². The Morgan fingerprint density at radius 2 is 1.32 bits per heavy atom. The molecule has 0 aromatic carbocycles. The fourth-order valence-electron chi connectivity index (χ4n) is 3.71. The second-order valence-corrected chi connectivity index (χ2v) is 7.87. The van der Waals surface area contributed by atoms with Gasteiger partial charge in [-0.3, -0.25) is 0 Å². The minimum Gasteiger partial charge on any atom is -0.394 e. The van der Waals surface area contributed by atoms with Crippen molar-refractivity contribution in [1.82, 2.24) is 0 Å². The molecule has 9 N–H and O–H groups in total. The third kappa shape index (κ3) is 5.02. The fourth-order valence-corrected chi connectivity index (χ4v) is 3.71. The molecule has 0 aromatic rings. The van der Waals surface area contributed by atoms with E-state index in [0.29, 0.717) is 0 Å². The van der Waals surface area contributed by atoms with Gasteiger partial charge in [-0.25, -0.2) is 0 Å². The van der Waals surface area contributed by atoms with Crippen molar-refractivity contribution < 1.29 is 69.6 Å². The molecular formula is C17H30O14. The Balaban J connectivity index is 1.72. The third-order valence-corrected chi connectivity index (χ3v) is 5.66. The number of hydrogen-bond donors (Lipinski definition) is 9. The van der Waals surface area contributed by atoms with Crippen LogP contribution < -0.4 is 0 Å². The highest BCUT2D eigenvalue weighted by Gasteiger charge is 2.52. The zero-order chi connectivity index (χ0) is 23.0. The van der Waals surface area contributed by atoms with Gasteiger partial charge in [-0.1, -0.05) is 0 Å². The maximum absolute atomic E-state index is 10.7. The first-order valence-electron chi connectivity index (χ1n) is 9.85. The molecule has 1 unspecified atom stereocenters. The van der Waals surface area contributed by atoms with Crippen molar-refractivity contribution >= 4 is 0 Å². The molecular weight excluding hydrogens is 428 g/mol. The minimum atomic E-state index is -1.81. The summed E-state index contributed by atoms with van der Waals surface area (Å²) in [5.41, 5.74) is 0. The van der Waals surface area contributed by atoms with E-state index in [0.717, 1.165) is 0 Å². The van der Waals surface area contributed by atoms with E-state index in [1.165, 1.54) is 6.92 Å². The predicted octanol–water partition coefficient (Wildman–Crippen LogP) is -5.91. The third-order valence-electron chi connectivity index (χ3n) is 5.66. The highest BCUT2D eigenvalue weighted by atomic mass is 16.7. The fraction of sp³-hybridized carbons (Fsp3) is 1.00. The van der Waals surface area contributed by atoms with Crippen LogP contribution in [0.3, 0.4) is 0 Å². The topological polar surface area (TPSA) is 228 Å². The lowest BCUT2D eigenvalue weighted by Crippen LogP contribution is -2.65. The zero-order valence-electron chi connectivity index (χ0n) is 16.6. The molecule has 3 aliphatic heterocycles. The maximum Gasteiger partial charge on any atom is 0.187 e. The monoisotopic (exact) mass is 458 g/mol. The molecule has 3 aliphatic rings. The van der Waals surface area contributed by atoms with Crippen LogP contribution in [0.4, 0.5) is 0 Å². The van der Waals surface area contributed by atoms with Crippen LogP contribution in [0.25, 0.3) is 0 Å². The highest BCUT2D eigenvalue weighted by molar-refractivity contribution is 4.94. The van der Waals surface area contributed by atoms with E-state index in [4.69, 9.17) is 23.7 Å². The van der Waals surface area contributed by atoms with E-state index in [1.54, 1.807) is 0 Å². The lowest BCUT2D eigenvalue weighted by atomic mass is 9.97. The molecule has 3 saturated heterocycles. The molecule has 0 saturated carbocycles. The summed E-state index contributed by atoms with van der Waals surface area (Å²) in [6.07, 6.45) is -21.3. The van der Waals surface area contributed by atoms with Crippen LogP contribution in [0.15, 0.2) is 0 Å². The summed E-state index contributed by atoms with van der Waals surface area (Å²) < 4.78 is 26.5. The molecule has 14 heteroatoms. The molecule has 3 fully saturated rings. The lowest BCUT2D eigenvalue weighted by molar-refractivity contribution is -0.376. The molecule has 0 radical (unpaired) electrons. The Kier molecular flexibility index (Phi) is 8.21. The van der Waals surface area contributed by atoms with Crippen LogP contribution in [0.1, 0.15) is 6.92 Å². The molecule has 0 bridgehead atoms. The summed E-state index contributed by atoms with van der Waals surface area (Å²) in [5, 5.41) is 89.7. The van der Waals surface area contributed by atoms with E-state index >= 15 is 0 Å². The molecule has 14 atom stereocenters. The molecule has 3 heterocycles. The molecule has 182 valence electrons.